The van der Waals surface area contributed by atoms with E-state index in [4.69, 9.17) is 4.74 Å². The van der Waals surface area contributed by atoms with Crippen molar-refractivity contribution in [3.8, 4) is 0 Å². The van der Waals surface area contributed by atoms with Crippen LogP contribution in [0.15, 0.2) is 11.7 Å². The minimum atomic E-state index is -0.0425. The van der Waals surface area contributed by atoms with Gasteiger partial charge in [-0.15, -0.1) is 11.3 Å². The number of rotatable bonds is 2. The van der Waals surface area contributed by atoms with Crippen molar-refractivity contribution in [3.05, 3.63) is 17.3 Å². The normalized spacial score (nSPS) is 27.8. The lowest BCUT2D eigenvalue weighted by Gasteiger charge is -2.29. The van der Waals surface area contributed by atoms with Crippen molar-refractivity contribution in [2.75, 3.05) is 11.9 Å². The van der Waals surface area contributed by atoms with E-state index in [1.807, 2.05) is 0 Å². The predicted octanol–water partition coefficient (Wildman–Crippen LogP) is 2.98. The smallest absolute Gasteiger partial charge is 0.147 e. The number of fused-ring (bicyclic) bond motifs is 1. The van der Waals surface area contributed by atoms with Crippen molar-refractivity contribution in [2.24, 2.45) is 0 Å². The Kier molecular flexibility index (Phi) is 2.75. The summed E-state index contributed by atoms with van der Waals surface area (Å²) >= 11 is 1.70. The summed E-state index contributed by atoms with van der Waals surface area (Å²) in [5.74, 6) is 0.929. The summed E-state index contributed by atoms with van der Waals surface area (Å²) in [4.78, 5) is 8.74. The molecule has 3 rings (SSSR count). The van der Waals surface area contributed by atoms with Gasteiger partial charge < -0.3 is 10.1 Å². The topological polar surface area (TPSA) is 47.0 Å². The molecule has 2 aromatic heterocycles. The van der Waals surface area contributed by atoms with E-state index in [0.717, 1.165) is 29.1 Å². The summed E-state index contributed by atoms with van der Waals surface area (Å²) in [7, 11) is 0. The monoisotopic (exact) mass is 263 g/mol. The first kappa shape index (κ1) is 11.9. The van der Waals surface area contributed by atoms with Crippen LogP contribution in [0.1, 0.15) is 25.8 Å². The Morgan fingerprint density at radius 1 is 1.50 bits per heavy atom. The molecular weight excluding hydrogens is 246 g/mol. The maximum Gasteiger partial charge on any atom is 0.147 e. The lowest BCUT2D eigenvalue weighted by molar-refractivity contribution is 0.105. The first-order chi connectivity index (χ1) is 8.60. The number of aryl methyl sites for hydroxylation is 1. The largest absolute Gasteiger partial charge is 0.376 e. The predicted molar refractivity (Wildman–Crippen MR) is 74.2 cm³/mol. The molecule has 2 atom stereocenters. The summed E-state index contributed by atoms with van der Waals surface area (Å²) in [5, 5.41) is 5.68. The third kappa shape index (κ3) is 1.78. The van der Waals surface area contributed by atoms with Gasteiger partial charge in [0.1, 0.15) is 12.1 Å². The van der Waals surface area contributed by atoms with E-state index in [2.05, 4.69) is 41.4 Å². The SMILES string of the molecule is Cc1csc2c(NC3(C)CCOC3C)ncnc12. The molecule has 0 radical (unpaired) electrons. The number of nitrogens with zero attached hydrogens (tertiary/aromatic N) is 2. The van der Waals surface area contributed by atoms with Gasteiger partial charge in [-0.25, -0.2) is 9.97 Å². The lowest BCUT2D eigenvalue weighted by Crippen LogP contribution is -2.41. The highest BCUT2D eigenvalue weighted by Crippen LogP contribution is 2.34. The van der Waals surface area contributed by atoms with Crippen LogP contribution in [0.2, 0.25) is 0 Å². The fourth-order valence-electron chi connectivity index (χ4n) is 2.33. The number of hydrogen-bond donors (Lipinski definition) is 1. The number of ether oxygens (including phenoxy) is 1. The van der Waals surface area contributed by atoms with Crippen LogP contribution in [-0.4, -0.2) is 28.2 Å². The fourth-order valence-corrected chi connectivity index (χ4v) is 3.27. The van der Waals surface area contributed by atoms with Gasteiger partial charge in [-0.05, 0) is 38.1 Å². The van der Waals surface area contributed by atoms with Gasteiger partial charge in [0.15, 0.2) is 0 Å². The number of anilines is 1. The van der Waals surface area contributed by atoms with Crippen LogP contribution in [0.25, 0.3) is 10.2 Å². The minimum Gasteiger partial charge on any atom is -0.376 e. The van der Waals surface area contributed by atoms with Crippen molar-refractivity contribution in [1.82, 2.24) is 9.97 Å². The second-order valence-electron chi connectivity index (χ2n) is 5.12. The van der Waals surface area contributed by atoms with Crippen LogP contribution in [0.3, 0.4) is 0 Å². The summed E-state index contributed by atoms with van der Waals surface area (Å²) in [6.45, 7) is 7.19. The average Bonchev–Trinajstić information content (AvgIpc) is 2.86. The minimum absolute atomic E-state index is 0.0425. The Hall–Kier alpha value is -1.20. The molecule has 0 saturated carbocycles. The molecule has 1 saturated heterocycles. The van der Waals surface area contributed by atoms with Gasteiger partial charge in [0.05, 0.1) is 21.9 Å². The zero-order valence-corrected chi connectivity index (χ0v) is 11.7. The highest BCUT2D eigenvalue weighted by molar-refractivity contribution is 7.18. The van der Waals surface area contributed by atoms with Gasteiger partial charge in [0, 0.05) is 6.61 Å². The van der Waals surface area contributed by atoms with Crippen LogP contribution in [0.5, 0.6) is 0 Å². The second kappa shape index (κ2) is 4.17. The molecule has 0 aliphatic carbocycles. The van der Waals surface area contributed by atoms with Crippen LogP contribution >= 0.6 is 11.3 Å². The van der Waals surface area contributed by atoms with Crippen molar-refractivity contribution >= 4 is 27.4 Å². The van der Waals surface area contributed by atoms with Gasteiger partial charge >= 0.3 is 0 Å². The number of aromatic nitrogens is 2. The summed E-state index contributed by atoms with van der Waals surface area (Å²) in [5.41, 5.74) is 2.22. The van der Waals surface area contributed by atoms with E-state index in [-0.39, 0.29) is 11.6 Å². The molecule has 3 heterocycles. The van der Waals surface area contributed by atoms with Gasteiger partial charge in [-0.3, -0.25) is 0 Å². The fraction of sp³-hybridized carbons (Fsp3) is 0.538. The van der Waals surface area contributed by atoms with Gasteiger partial charge in [0.2, 0.25) is 0 Å². The molecule has 18 heavy (non-hydrogen) atoms. The quantitative estimate of drug-likeness (QED) is 0.905. The van der Waals surface area contributed by atoms with E-state index in [9.17, 15) is 0 Å². The molecule has 2 aromatic rings. The first-order valence-electron chi connectivity index (χ1n) is 6.19. The number of nitrogens with one attached hydrogen (secondary N) is 1. The standard InChI is InChI=1S/C13H17N3OS/c1-8-6-18-11-10(8)14-7-15-12(11)16-13(3)4-5-17-9(13)2/h6-7,9H,4-5H2,1-3H3,(H,14,15,16). The Morgan fingerprint density at radius 3 is 3.06 bits per heavy atom. The molecule has 1 N–H and O–H groups in total. The molecule has 1 aliphatic heterocycles. The zero-order valence-electron chi connectivity index (χ0n) is 10.9. The number of hydrogen-bond acceptors (Lipinski definition) is 5. The zero-order chi connectivity index (χ0) is 12.8. The van der Waals surface area contributed by atoms with Crippen LogP contribution in [0.4, 0.5) is 5.82 Å². The highest BCUT2D eigenvalue weighted by Gasteiger charge is 2.37. The van der Waals surface area contributed by atoms with Crippen LogP contribution < -0.4 is 5.32 Å². The molecule has 4 nitrogen and oxygen atoms in total. The molecule has 96 valence electrons. The Labute approximate surface area is 110 Å². The van der Waals surface area contributed by atoms with Crippen molar-refractivity contribution in [1.29, 1.82) is 0 Å². The first-order valence-corrected chi connectivity index (χ1v) is 7.07. The van der Waals surface area contributed by atoms with Crippen molar-refractivity contribution in [2.45, 2.75) is 38.8 Å². The van der Waals surface area contributed by atoms with E-state index in [1.54, 1.807) is 17.7 Å². The third-order valence-corrected chi connectivity index (χ3v) is 4.92. The molecule has 0 amide bonds. The van der Waals surface area contributed by atoms with E-state index < -0.39 is 0 Å². The molecular formula is C13H17N3OS. The van der Waals surface area contributed by atoms with Crippen molar-refractivity contribution < 1.29 is 4.74 Å². The van der Waals surface area contributed by atoms with E-state index >= 15 is 0 Å². The Morgan fingerprint density at radius 2 is 2.33 bits per heavy atom. The maximum absolute atomic E-state index is 5.66. The van der Waals surface area contributed by atoms with Gasteiger partial charge in [-0.1, -0.05) is 0 Å². The van der Waals surface area contributed by atoms with Crippen LogP contribution in [0, 0.1) is 6.92 Å². The summed E-state index contributed by atoms with van der Waals surface area (Å²) in [6, 6.07) is 0. The molecule has 1 aliphatic rings. The summed E-state index contributed by atoms with van der Waals surface area (Å²) < 4.78 is 6.79. The highest BCUT2D eigenvalue weighted by atomic mass is 32.1. The molecule has 2 unspecified atom stereocenters. The number of thiophene rings is 1. The Balaban J connectivity index is 2.00. The van der Waals surface area contributed by atoms with Crippen LogP contribution in [-0.2, 0) is 4.74 Å². The molecule has 1 fully saturated rings. The van der Waals surface area contributed by atoms with E-state index in [0.29, 0.717) is 0 Å². The molecule has 0 bridgehead atoms. The van der Waals surface area contributed by atoms with Gasteiger partial charge in [-0.2, -0.15) is 0 Å². The maximum atomic E-state index is 5.66. The Bertz CT molecular complexity index is 583. The lowest BCUT2D eigenvalue weighted by atomic mass is 9.95. The molecule has 0 aromatic carbocycles. The van der Waals surface area contributed by atoms with Gasteiger partial charge in [0.25, 0.3) is 0 Å². The molecule has 0 spiro atoms. The third-order valence-electron chi connectivity index (χ3n) is 3.82. The summed E-state index contributed by atoms with van der Waals surface area (Å²) in [6.07, 6.45) is 2.83. The average molecular weight is 263 g/mol. The van der Waals surface area contributed by atoms with E-state index in [1.165, 1.54) is 5.56 Å². The van der Waals surface area contributed by atoms with Crippen molar-refractivity contribution in [3.63, 3.8) is 0 Å². The second-order valence-corrected chi connectivity index (χ2v) is 6.00. The molecule has 5 heteroatoms.